The number of carboxylic acid groups (broad SMARTS) is 1. The third-order valence-corrected chi connectivity index (χ3v) is 4.60. The Bertz CT molecular complexity index is 551. The number of carbonyl (C=O) groups is 1. The Morgan fingerprint density at radius 3 is 2.63 bits per heavy atom. The molecule has 0 saturated carbocycles. The molecule has 1 aromatic rings. The van der Waals surface area contributed by atoms with E-state index in [0.29, 0.717) is 21.5 Å². The number of halogens is 2. The number of allylic oxidation sites excluding steroid dienone is 1. The molecule has 0 spiro atoms. The second kappa shape index (κ2) is 5.18. The Kier molecular flexibility index (Phi) is 3.93. The fourth-order valence-electron chi connectivity index (χ4n) is 2.87. The molecule has 4 heteroatoms. The maximum absolute atomic E-state index is 11.5. The molecule has 1 aliphatic carbocycles. The lowest BCUT2D eigenvalue weighted by Crippen LogP contribution is -2.34. The molecule has 2 rings (SSSR count). The number of aliphatic carboxylic acids is 1. The molecule has 0 fully saturated rings. The lowest BCUT2D eigenvalue weighted by Gasteiger charge is -2.37. The Morgan fingerprint density at radius 2 is 2.05 bits per heavy atom. The van der Waals surface area contributed by atoms with Gasteiger partial charge in [0.15, 0.2) is 0 Å². The molecule has 2 nitrogen and oxygen atoms in total. The topological polar surface area (TPSA) is 37.3 Å². The molecule has 0 bridgehead atoms. The molecule has 19 heavy (non-hydrogen) atoms. The van der Waals surface area contributed by atoms with Crippen LogP contribution in [-0.4, -0.2) is 11.1 Å². The van der Waals surface area contributed by atoms with Crippen LogP contribution < -0.4 is 0 Å². The first-order chi connectivity index (χ1) is 8.84. The van der Waals surface area contributed by atoms with Crippen molar-refractivity contribution in [2.24, 2.45) is 5.92 Å². The normalized spacial score (nSPS) is 26.9. The Hall–Kier alpha value is -0.990. The summed E-state index contributed by atoms with van der Waals surface area (Å²) in [6, 6.07) is 5.37. The average molecular weight is 299 g/mol. The molecule has 0 amide bonds. The van der Waals surface area contributed by atoms with Crippen LogP contribution in [0.15, 0.2) is 29.8 Å². The Labute approximate surface area is 123 Å². The van der Waals surface area contributed by atoms with Crippen LogP contribution in [0, 0.1) is 5.92 Å². The van der Waals surface area contributed by atoms with E-state index >= 15 is 0 Å². The molecule has 0 radical (unpaired) electrons. The van der Waals surface area contributed by atoms with Crippen molar-refractivity contribution in [2.45, 2.75) is 32.1 Å². The summed E-state index contributed by atoms with van der Waals surface area (Å²) in [6.07, 6.45) is 3.43. The van der Waals surface area contributed by atoms with Crippen LogP contribution >= 0.6 is 23.2 Å². The van der Waals surface area contributed by atoms with Gasteiger partial charge < -0.3 is 5.11 Å². The van der Waals surface area contributed by atoms with Gasteiger partial charge in [-0.2, -0.15) is 0 Å². The molecular formula is C15H16Cl2O2. The third-order valence-electron chi connectivity index (χ3n) is 3.86. The van der Waals surface area contributed by atoms with Gasteiger partial charge in [-0.25, -0.2) is 4.79 Å². The summed E-state index contributed by atoms with van der Waals surface area (Å²) >= 11 is 12.0. The van der Waals surface area contributed by atoms with Crippen LogP contribution in [0.25, 0.3) is 0 Å². The molecule has 1 N–H and O–H groups in total. The second-order valence-electron chi connectivity index (χ2n) is 5.43. The molecule has 0 heterocycles. The molecule has 102 valence electrons. The predicted molar refractivity (Wildman–Crippen MR) is 77.9 cm³/mol. The molecule has 2 unspecified atom stereocenters. The monoisotopic (exact) mass is 298 g/mol. The van der Waals surface area contributed by atoms with Gasteiger partial charge >= 0.3 is 5.97 Å². The van der Waals surface area contributed by atoms with E-state index in [1.54, 1.807) is 12.1 Å². The van der Waals surface area contributed by atoms with Gasteiger partial charge in [0.25, 0.3) is 0 Å². The van der Waals surface area contributed by atoms with Gasteiger partial charge in [-0.05, 0) is 36.5 Å². The van der Waals surface area contributed by atoms with Crippen molar-refractivity contribution in [1.82, 2.24) is 0 Å². The number of benzene rings is 1. The second-order valence-corrected chi connectivity index (χ2v) is 6.24. The average Bonchev–Trinajstić information content (AvgIpc) is 2.31. The van der Waals surface area contributed by atoms with E-state index in [2.05, 4.69) is 6.92 Å². The first-order valence-corrected chi connectivity index (χ1v) is 6.99. The van der Waals surface area contributed by atoms with Crippen molar-refractivity contribution in [2.75, 3.05) is 0 Å². The SMILES string of the molecule is CC1CC=C(C(=O)O)C(C)(c2ccc(Cl)c(Cl)c2)C1. The van der Waals surface area contributed by atoms with Crippen molar-refractivity contribution in [3.05, 3.63) is 45.5 Å². The molecule has 0 aromatic heterocycles. The van der Waals surface area contributed by atoms with Gasteiger partial charge in [-0.3, -0.25) is 0 Å². The predicted octanol–water partition coefficient (Wildman–Crippen LogP) is 4.69. The van der Waals surface area contributed by atoms with E-state index in [1.165, 1.54) is 0 Å². The molecule has 1 aliphatic rings. The van der Waals surface area contributed by atoms with Crippen LogP contribution in [0.4, 0.5) is 0 Å². The van der Waals surface area contributed by atoms with Gasteiger partial charge in [-0.1, -0.05) is 49.2 Å². The highest BCUT2D eigenvalue weighted by Crippen LogP contribution is 2.43. The minimum Gasteiger partial charge on any atom is -0.478 e. The first kappa shape index (κ1) is 14.4. The molecule has 0 aliphatic heterocycles. The fourth-order valence-corrected chi connectivity index (χ4v) is 3.17. The van der Waals surface area contributed by atoms with Crippen LogP contribution in [0.1, 0.15) is 32.3 Å². The summed E-state index contributed by atoms with van der Waals surface area (Å²) in [5.74, 6) is -0.414. The van der Waals surface area contributed by atoms with Crippen LogP contribution in [-0.2, 0) is 10.2 Å². The van der Waals surface area contributed by atoms with Crippen LogP contribution in [0.5, 0.6) is 0 Å². The fraction of sp³-hybridized carbons (Fsp3) is 0.400. The quantitative estimate of drug-likeness (QED) is 0.860. The van der Waals surface area contributed by atoms with E-state index < -0.39 is 11.4 Å². The number of carboxylic acids is 1. The van der Waals surface area contributed by atoms with Gasteiger partial charge in [0.2, 0.25) is 0 Å². The van der Waals surface area contributed by atoms with Crippen molar-refractivity contribution in [3.8, 4) is 0 Å². The minimum absolute atomic E-state index is 0.447. The highest BCUT2D eigenvalue weighted by atomic mass is 35.5. The smallest absolute Gasteiger partial charge is 0.332 e. The summed E-state index contributed by atoms with van der Waals surface area (Å²) in [5, 5.41) is 10.4. The molecule has 1 aromatic carbocycles. The summed E-state index contributed by atoms with van der Waals surface area (Å²) in [5.41, 5.74) is 0.837. The third kappa shape index (κ3) is 2.65. The molecule has 0 saturated heterocycles. The number of rotatable bonds is 2. The largest absolute Gasteiger partial charge is 0.478 e. The minimum atomic E-state index is -0.861. The highest BCUT2D eigenvalue weighted by Gasteiger charge is 2.39. The van der Waals surface area contributed by atoms with Gasteiger partial charge in [-0.15, -0.1) is 0 Å². The molecule has 2 atom stereocenters. The van der Waals surface area contributed by atoms with Gasteiger partial charge in [0.05, 0.1) is 10.0 Å². The summed E-state index contributed by atoms with van der Waals surface area (Å²) < 4.78 is 0. The van der Waals surface area contributed by atoms with Crippen LogP contribution in [0.2, 0.25) is 10.0 Å². The Balaban J connectivity index is 2.54. The first-order valence-electron chi connectivity index (χ1n) is 6.24. The van der Waals surface area contributed by atoms with Gasteiger partial charge in [0, 0.05) is 11.0 Å². The van der Waals surface area contributed by atoms with E-state index in [9.17, 15) is 9.90 Å². The van der Waals surface area contributed by atoms with Crippen molar-refractivity contribution in [3.63, 3.8) is 0 Å². The summed E-state index contributed by atoms with van der Waals surface area (Å²) in [6.45, 7) is 4.09. The zero-order valence-corrected chi connectivity index (χ0v) is 12.4. The maximum atomic E-state index is 11.5. The zero-order chi connectivity index (χ0) is 14.2. The van der Waals surface area contributed by atoms with E-state index in [4.69, 9.17) is 23.2 Å². The van der Waals surface area contributed by atoms with Crippen molar-refractivity contribution in [1.29, 1.82) is 0 Å². The number of hydrogen-bond donors (Lipinski definition) is 1. The zero-order valence-electron chi connectivity index (χ0n) is 10.9. The van der Waals surface area contributed by atoms with E-state index in [-0.39, 0.29) is 0 Å². The van der Waals surface area contributed by atoms with E-state index in [0.717, 1.165) is 18.4 Å². The maximum Gasteiger partial charge on any atom is 0.332 e. The van der Waals surface area contributed by atoms with E-state index in [1.807, 2.05) is 19.1 Å². The van der Waals surface area contributed by atoms with Crippen molar-refractivity contribution < 1.29 is 9.90 Å². The summed E-state index contributed by atoms with van der Waals surface area (Å²) in [7, 11) is 0. The Morgan fingerprint density at radius 1 is 1.37 bits per heavy atom. The van der Waals surface area contributed by atoms with Crippen molar-refractivity contribution >= 4 is 29.2 Å². The highest BCUT2D eigenvalue weighted by molar-refractivity contribution is 6.42. The number of hydrogen-bond acceptors (Lipinski definition) is 1. The summed E-state index contributed by atoms with van der Waals surface area (Å²) in [4.78, 5) is 11.5. The standard InChI is InChI=1S/C15H16Cl2O2/c1-9-3-5-11(14(18)19)15(2,8-9)10-4-6-12(16)13(17)7-10/h4-7,9H,3,8H2,1-2H3,(H,18,19). The van der Waals surface area contributed by atoms with Gasteiger partial charge in [0.1, 0.15) is 0 Å². The lowest BCUT2D eigenvalue weighted by molar-refractivity contribution is -0.133. The van der Waals surface area contributed by atoms with Crippen LogP contribution in [0.3, 0.4) is 0 Å². The molecular weight excluding hydrogens is 283 g/mol. The lowest BCUT2D eigenvalue weighted by atomic mass is 9.66.